The molecule has 1 atom stereocenters. The van der Waals surface area contributed by atoms with Crippen LogP contribution in [0.4, 0.5) is 5.69 Å². The molecule has 0 aromatic heterocycles. The van der Waals surface area contributed by atoms with Crippen LogP contribution >= 0.6 is 0 Å². The number of nitrogens with two attached hydrogens (primary N) is 1. The Bertz CT molecular complexity index is 305. The molecule has 0 saturated carbocycles. The Kier molecular flexibility index (Phi) is 4.12. The van der Waals surface area contributed by atoms with Crippen LogP contribution in [0.15, 0.2) is 18.2 Å². The lowest BCUT2D eigenvalue weighted by Crippen LogP contribution is -2.37. The fraction of sp³-hybridized carbons (Fsp3) is 0.500. The zero-order chi connectivity index (χ0) is 11.4. The summed E-state index contributed by atoms with van der Waals surface area (Å²) in [4.78, 5) is 2.07. The highest BCUT2D eigenvalue weighted by molar-refractivity contribution is 5.50. The van der Waals surface area contributed by atoms with Crippen molar-refractivity contribution in [3.8, 4) is 0 Å². The highest BCUT2D eigenvalue weighted by atomic mass is 16.3. The van der Waals surface area contributed by atoms with E-state index in [2.05, 4.69) is 36.9 Å². The Hall–Kier alpha value is -1.06. The average molecular weight is 208 g/mol. The lowest BCUT2D eigenvalue weighted by atomic mass is 10.1. The van der Waals surface area contributed by atoms with Gasteiger partial charge in [-0.05, 0) is 37.1 Å². The topological polar surface area (TPSA) is 49.5 Å². The zero-order valence-corrected chi connectivity index (χ0v) is 9.70. The van der Waals surface area contributed by atoms with Crippen molar-refractivity contribution in [3.05, 3.63) is 29.3 Å². The molecule has 3 heteroatoms. The van der Waals surface area contributed by atoms with Gasteiger partial charge in [0.25, 0.3) is 0 Å². The van der Waals surface area contributed by atoms with Gasteiger partial charge in [0, 0.05) is 25.3 Å². The van der Waals surface area contributed by atoms with Gasteiger partial charge in [0.15, 0.2) is 0 Å². The number of hydrogen-bond acceptors (Lipinski definition) is 3. The molecule has 0 radical (unpaired) electrons. The normalized spacial score (nSPS) is 12.6. The molecule has 3 N–H and O–H groups in total. The molecule has 1 aromatic carbocycles. The Morgan fingerprint density at radius 1 is 1.27 bits per heavy atom. The predicted molar refractivity (Wildman–Crippen MR) is 64.2 cm³/mol. The molecule has 1 rings (SSSR count). The summed E-state index contributed by atoms with van der Waals surface area (Å²) >= 11 is 0. The minimum absolute atomic E-state index is 0.0230. The number of nitrogens with zero attached hydrogens (tertiary/aromatic N) is 1. The largest absolute Gasteiger partial charge is 0.395 e. The van der Waals surface area contributed by atoms with Crippen LogP contribution < -0.4 is 10.6 Å². The predicted octanol–water partition coefficient (Wildman–Crippen LogP) is 1.06. The van der Waals surface area contributed by atoms with Crippen LogP contribution in [0.2, 0.25) is 0 Å². The summed E-state index contributed by atoms with van der Waals surface area (Å²) in [6.07, 6.45) is 0. The first kappa shape index (κ1) is 12.0. The van der Waals surface area contributed by atoms with E-state index in [-0.39, 0.29) is 12.6 Å². The van der Waals surface area contributed by atoms with Gasteiger partial charge < -0.3 is 15.7 Å². The van der Waals surface area contributed by atoms with E-state index in [4.69, 9.17) is 10.8 Å². The van der Waals surface area contributed by atoms with E-state index in [1.54, 1.807) is 0 Å². The first-order chi connectivity index (χ1) is 7.02. The Morgan fingerprint density at radius 3 is 2.27 bits per heavy atom. The van der Waals surface area contributed by atoms with Crippen LogP contribution in [0.5, 0.6) is 0 Å². The summed E-state index contributed by atoms with van der Waals surface area (Å²) in [6.45, 7) is 4.85. The van der Waals surface area contributed by atoms with Crippen LogP contribution in [0.3, 0.4) is 0 Å². The van der Waals surface area contributed by atoms with Crippen molar-refractivity contribution in [2.45, 2.75) is 19.9 Å². The van der Waals surface area contributed by atoms with Gasteiger partial charge in [0.2, 0.25) is 0 Å². The van der Waals surface area contributed by atoms with Crippen molar-refractivity contribution < 1.29 is 5.11 Å². The van der Waals surface area contributed by atoms with E-state index in [0.29, 0.717) is 6.54 Å². The Balaban J connectivity index is 2.77. The van der Waals surface area contributed by atoms with Crippen molar-refractivity contribution >= 4 is 5.69 Å². The summed E-state index contributed by atoms with van der Waals surface area (Å²) in [5, 5.41) is 8.89. The number of benzene rings is 1. The third-order valence-corrected chi connectivity index (χ3v) is 2.39. The third-order valence-electron chi connectivity index (χ3n) is 2.39. The second-order valence-corrected chi connectivity index (χ2v) is 4.17. The summed E-state index contributed by atoms with van der Waals surface area (Å²) < 4.78 is 0. The number of aliphatic hydroxyl groups excluding tert-OH is 1. The van der Waals surface area contributed by atoms with Gasteiger partial charge in [-0.15, -0.1) is 0 Å². The molecule has 0 saturated heterocycles. The number of likely N-dealkylation sites (N-methyl/N-ethyl adjacent to an activating group) is 1. The fourth-order valence-electron chi connectivity index (χ4n) is 1.69. The number of aliphatic hydroxyl groups is 1. The maximum absolute atomic E-state index is 8.89. The summed E-state index contributed by atoms with van der Waals surface area (Å²) in [6, 6.07) is 6.20. The molecular weight excluding hydrogens is 188 g/mol. The minimum atomic E-state index is -0.184. The van der Waals surface area contributed by atoms with Gasteiger partial charge in [0.1, 0.15) is 0 Å². The van der Waals surface area contributed by atoms with Gasteiger partial charge in [-0.2, -0.15) is 0 Å². The third kappa shape index (κ3) is 3.53. The lowest BCUT2D eigenvalue weighted by Gasteiger charge is -2.23. The van der Waals surface area contributed by atoms with Crippen molar-refractivity contribution in [3.63, 3.8) is 0 Å². The monoisotopic (exact) mass is 208 g/mol. The van der Waals surface area contributed by atoms with E-state index < -0.39 is 0 Å². The van der Waals surface area contributed by atoms with Gasteiger partial charge in [-0.3, -0.25) is 0 Å². The van der Waals surface area contributed by atoms with Crippen LogP contribution in [0.1, 0.15) is 11.1 Å². The number of aryl methyl sites for hydroxylation is 2. The molecule has 0 aliphatic carbocycles. The van der Waals surface area contributed by atoms with Gasteiger partial charge in [0.05, 0.1) is 6.61 Å². The van der Waals surface area contributed by atoms with Crippen molar-refractivity contribution in [2.75, 3.05) is 25.1 Å². The molecule has 0 bridgehead atoms. The minimum Gasteiger partial charge on any atom is -0.395 e. The molecular formula is C12H20N2O. The van der Waals surface area contributed by atoms with Gasteiger partial charge in [-0.1, -0.05) is 6.07 Å². The zero-order valence-electron chi connectivity index (χ0n) is 9.70. The lowest BCUT2D eigenvalue weighted by molar-refractivity contribution is 0.267. The number of rotatable bonds is 4. The standard InChI is InChI=1S/C12H20N2O/c1-9-4-10(2)6-12(5-9)14(3)7-11(13)8-15/h4-6,11,15H,7-8,13H2,1-3H3. The average Bonchev–Trinajstić information content (AvgIpc) is 2.16. The molecule has 1 aromatic rings. The van der Waals surface area contributed by atoms with Crippen LogP contribution in [0, 0.1) is 13.8 Å². The number of hydrogen-bond donors (Lipinski definition) is 2. The molecule has 0 spiro atoms. The van der Waals surface area contributed by atoms with E-state index in [1.165, 1.54) is 11.1 Å². The summed E-state index contributed by atoms with van der Waals surface area (Å²) in [7, 11) is 1.99. The van der Waals surface area contributed by atoms with Crippen LogP contribution in [0.25, 0.3) is 0 Å². The molecule has 3 nitrogen and oxygen atoms in total. The first-order valence-corrected chi connectivity index (χ1v) is 5.19. The molecule has 0 aliphatic rings. The molecule has 0 aliphatic heterocycles. The molecule has 0 fully saturated rings. The second kappa shape index (κ2) is 5.14. The second-order valence-electron chi connectivity index (χ2n) is 4.17. The highest BCUT2D eigenvalue weighted by Crippen LogP contribution is 2.17. The SMILES string of the molecule is Cc1cc(C)cc(N(C)CC(N)CO)c1. The summed E-state index contributed by atoms with van der Waals surface area (Å²) in [5.74, 6) is 0. The van der Waals surface area contributed by atoms with E-state index in [9.17, 15) is 0 Å². The van der Waals surface area contributed by atoms with Gasteiger partial charge >= 0.3 is 0 Å². The molecule has 0 heterocycles. The van der Waals surface area contributed by atoms with Gasteiger partial charge in [-0.25, -0.2) is 0 Å². The number of anilines is 1. The van der Waals surface area contributed by atoms with Crippen molar-refractivity contribution in [2.24, 2.45) is 5.73 Å². The van der Waals surface area contributed by atoms with E-state index in [1.807, 2.05) is 7.05 Å². The molecule has 84 valence electrons. The maximum atomic E-state index is 8.89. The Morgan fingerprint density at radius 2 is 1.80 bits per heavy atom. The smallest absolute Gasteiger partial charge is 0.0599 e. The van der Waals surface area contributed by atoms with Crippen LogP contribution in [-0.2, 0) is 0 Å². The summed E-state index contributed by atoms with van der Waals surface area (Å²) in [5.41, 5.74) is 9.33. The van der Waals surface area contributed by atoms with Crippen molar-refractivity contribution in [1.29, 1.82) is 0 Å². The molecule has 15 heavy (non-hydrogen) atoms. The quantitative estimate of drug-likeness (QED) is 0.778. The molecule has 0 amide bonds. The van der Waals surface area contributed by atoms with Crippen LogP contribution in [-0.4, -0.2) is 31.3 Å². The molecule has 1 unspecified atom stereocenters. The van der Waals surface area contributed by atoms with E-state index in [0.717, 1.165) is 5.69 Å². The maximum Gasteiger partial charge on any atom is 0.0599 e. The fourth-order valence-corrected chi connectivity index (χ4v) is 1.69. The highest BCUT2D eigenvalue weighted by Gasteiger charge is 2.07. The first-order valence-electron chi connectivity index (χ1n) is 5.19. The van der Waals surface area contributed by atoms with E-state index >= 15 is 0 Å². The van der Waals surface area contributed by atoms with Crippen molar-refractivity contribution in [1.82, 2.24) is 0 Å². The Labute approximate surface area is 91.5 Å².